The van der Waals surface area contributed by atoms with Crippen molar-refractivity contribution < 1.29 is 15.0 Å². The first-order chi connectivity index (χ1) is 4.18. The van der Waals surface area contributed by atoms with Crippen LogP contribution < -0.4 is 5.73 Å². The SMILES string of the molecule is CCl.Cl.N[C@@H](CO)C(=O)O. The first kappa shape index (κ1) is 16.5. The van der Waals surface area contributed by atoms with Gasteiger partial charge >= 0.3 is 5.97 Å². The van der Waals surface area contributed by atoms with E-state index in [0.717, 1.165) is 0 Å². The van der Waals surface area contributed by atoms with Crippen LogP contribution in [0.1, 0.15) is 0 Å². The second kappa shape index (κ2) is 11.7. The maximum absolute atomic E-state index is 9.65. The third-order valence-electron chi connectivity index (χ3n) is 0.514. The largest absolute Gasteiger partial charge is 0.480 e. The Labute approximate surface area is 70.4 Å². The first-order valence-electron chi connectivity index (χ1n) is 2.15. The Balaban J connectivity index is -0.000000149. The summed E-state index contributed by atoms with van der Waals surface area (Å²) in [6.45, 7) is -0.505. The van der Waals surface area contributed by atoms with E-state index in [1.165, 1.54) is 6.38 Å². The minimum absolute atomic E-state index is 0. The van der Waals surface area contributed by atoms with Crippen LogP contribution in [-0.2, 0) is 4.79 Å². The van der Waals surface area contributed by atoms with Gasteiger partial charge in [0, 0.05) is 6.38 Å². The van der Waals surface area contributed by atoms with E-state index < -0.39 is 18.6 Å². The van der Waals surface area contributed by atoms with Crippen molar-refractivity contribution in [1.82, 2.24) is 0 Å². The summed E-state index contributed by atoms with van der Waals surface area (Å²) in [7, 11) is 0. The van der Waals surface area contributed by atoms with Crippen LogP contribution in [0.2, 0.25) is 0 Å². The second-order valence-electron chi connectivity index (χ2n) is 1.13. The zero-order chi connectivity index (χ0) is 7.86. The van der Waals surface area contributed by atoms with Crippen molar-refractivity contribution in [2.24, 2.45) is 5.73 Å². The van der Waals surface area contributed by atoms with Gasteiger partial charge in [0.2, 0.25) is 0 Å². The van der Waals surface area contributed by atoms with E-state index in [4.69, 9.17) is 15.9 Å². The molecule has 4 nitrogen and oxygen atoms in total. The third kappa shape index (κ3) is 10.9. The topological polar surface area (TPSA) is 83.5 Å². The van der Waals surface area contributed by atoms with Gasteiger partial charge in [-0.15, -0.1) is 24.0 Å². The Kier molecular flexibility index (Phi) is 19.4. The number of nitrogens with two attached hydrogens (primary N) is 1. The second-order valence-corrected chi connectivity index (χ2v) is 1.13. The number of carboxylic acid groups (broad SMARTS) is 1. The van der Waals surface area contributed by atoms with Crippen molar-refractivity contribution >= 4 is 30.0 Å². The summed E-state index contributed by atoms with van der Waals surface area (Å²) in [6, 6.07) is -1.13. The van der Waals surface area contributed by atoms with E-state index in [1.807, 2.05) is 0 Å². The van der Waals surface area contributed by atoms with Crippen LogP contribution in [0.5, 0.6) is 0 Å². The highest BCUT2D eigenvalue weighted by molar-refractivity contribution is 6.15. The van der Waals surface area contributed by atoms with Gasteiger partial charge in [-0.3, -0.25) is 4.79 Å². The van der Waals surface area contributed by atoms with E-state index in [0.29, 0.717) is 0 Å². The number of aliphatic hydroxyl groups is 1. The van der Waals surface area contributed by atoms with Crippen LogP contribution in [0.15, 0.2) is 0 Å². The molecule has 0 saturated carbocycles. The summed E-state index contributed by atoms with van der Waals surface area (Å²) in [5.41, 5.74) is 4.77. The fourth-order valence-corrected chi connectivity index (χ4v) is 0.0781. The van der Waals surface area contributed by atoms with E-state index in [1.54, 1.807) is 0 Å². The minimum atomic E-state index is -1.18. The summed E-state index contributed by atoms with van der Waals surface area (Å²) in [5.74, 6) is -1.18. The predicted octanol–water partition coefficient (Wildman–Crippen LogP) is -0.333. The van der Waals surface area contributed by atoms with Crippen molar-refractivity contribution in [2.45, 2.75) is 6.04 Å². The number of alkyl halides is 1. The van der Waals surface area contributed by atoms with Gasteiger partial charge in [-0.25, -0.2) is 0 Å². The summed E-state index contributed by atoms with van der Waals surface area (Å²) in [6.07, 6.45) is 1.47. The van der Waals surface area contributed by atoms with Crippen LogP contribution in [0, 0.1) is 0 Å². The number of hydrogen-bond donors (Lipinski definition) is 3. The molecule has 0 radical (unpaired) electrons. The van der Waals surface area contributed by atoms with Crippen LogP contribution in [0.4, 0.5) is 0 Å². The third-order valence-corrected chi connectivity index (χ3v) is 0.514. The molecule has 0 fully saturated rings. The lowest BCUT2D eigenvalue weighted by Crippen LogP contribution is -2.33. The number of aliphatic hydroxyl groups excluding tert-OH is 1. The lowest BCUT2D eigenvalue weighted by Gasteiger charge is -1.96. The summed E-state index contributed by atoms with van der Waals surface area (Å²) < 4.78 is 0. The van der Waals surface area contributed by atoms with Crippen LogP contribution in [-0.4, -0.2) is 35.2 Å². The summed E-state index contributed by atoms with van der Waals surface area (Å²) in [5, 5.41) is 15.9. The Morgan fingerprint density at radius 1 is 1.70 bits per heavy atom. The molecule has 64 valence electrons. The highest BCUT2D eigenvalue weighted by Crippen LogP contribution is 1.71. The lowest BCUT2D eigenvalue weighted by molar-refractivity contribution is -0.139. The molecule has 0 aliphatic heterocycles. The smallest absolute Gasteiger partial charge is 0.322 e. The maximum Gasteiger partial charge on any atom is 0.322 e. The van der Waals surface area contributed by atoms with E-state index in [2.05, 4.69) is 11.6 Å². The molecule has 0 bridgehead atoms. The highest BCUT2D eigenvalue weighted by atomic mass is 35.5. The predicted molar refractivity (Wildman–Crippen MR) is 41.7 cm³/mol. The van der Waals surface area contributed by atoms with Gasteiger partial charge in [-0.1, -0.05) is 0 Å². The molecular formula is C4H11Cl2NO3. The standard InChI is InChI=1S/C3H7NO3.CH3Cl.ClH/c4-2(1-5)3(6)7;1-2;/h2,5H,1,4H2,(H,6,7);1H3;1H/t2-;;/m0../s1. The number of rotatable bonds is 2. The molecule has 0 saturated heterocycles. The molecule has 0 unspecified atom stereocenters. The van der Waals surface area contributed by atoms with Gasteiger partial charge in [-0.2, -0.15) is 0 Å². The number of carbonyl (C=O) groups is 1. The van der Waals surface area contributed by atoms with Crippen molar-refractivity contribution in [3.8, 4) is 0 Å². The quantitative estimate of drug-likeness (QED) is 0.523. The number of carboxylic acids is 1. The Hall–Kier alpha value is -0.0300. The van der Waals surface area contributed by atoms with Crippen molar-refractivity contribution in [3.63, 3.8) is 0 Å². The lowest BCUT2D eigenvalue weighted by atomic mass is 10.3. The van der Waals surface area contributed by atoms with E-state index >= 15 is 0 Å². The molecule has 6 heteroatoms. The number of aliphatic carboxylic acids is 1. The number of hydrogen-bond acceptors (Lipinski definition) is 3. The van der Waals surface area contributed by atoms with Crippen molar-refractivity contribution in [2.75, 3.05) is 13.0 Å². The molecule has 0 aliphatic carbocycles. The Morgan fingerprint density at radius 2 is 2.00 bits per heavy atom. The molecule has 10 heavy (non-hydrogen) atoms. The monoisotopic (exact) mass is 191 g/mol. The summed E-state index contributed by atoms with van der Waals surface area (Å²) >= 11 is 4.64. The van der Waals surface area contributed by atoms with Gasteiger partial charge < -0.3 is 15.9 Å². The van der Waals surface area contributed by atoms with Crippen LogP contribution in [0.25, 0.3) is 0 Å². The molecule has 1 atom stereocenters. The highest BCUT2D eigenvalue weighted by Gasteiger charge is 2.06. The molecule has 0 aromatic carbocycles. The zero-order valence-corrected chi connectivity index (χ0v) is 7.02. The first-order valence-corrected chi connectivity index (χ1v) is 2.91. The maximum atomic E-state index is 9.65. The normalized spacial score (nSPS) is 10.0. The van der Waals surface area contributed by atoms with Gasteiger partial charge in [-0.05, 0) is 0 Å². The van der Waals surface area contributed by atoms with Gasteiger partial charge in [0.25, 0.3) is 0 Å². The molecule has 0 spiro atoms. The molecule has 0 aromatic heterocycles. The molecule has 0 heterocycles. The molecule has 0 aliphatic rings. The average molecular weight is 192 g/mol. The number of halogens is 2. The van der Waals surface area contributed by atoms with E-state index in [9.17, 15) is 4.79 Å². The zero-order valence-electron chi connectivity index (χ0n) is 5.45. The van der Waals surface area contributed by atoms with Crippen LogP contribution in [0.3, 0.4) is 0 Å². The van der Waals surface area contributed by atoms with Crippen molar-refractivity contribution in [1.29, 1.82) is 0 Å². The minimum Gasteiger partial charge on any atom is -0.480 e. The average Bonchev–Trinajstić information content (AvgIpc) is 1.91. The van der Waals surface area contributed by atoms with Gasteiger partial charge in [0.15, 0.2) is 0 Å². The Bertz CT molecular complexity index is 80.9. The fraction of sp³-hybridized carbons (Fsp3) is 0.750. The van der Waals surface area contributed by atoms with Crippen LogP contribution >= 0.6 is 24.0 Å². The molecule has 0 aromatic rings. The van der Waals surface area contributed by atoms with Gasteiger partial charge in [0.05, 0.1) is 6.61 Å². The van der Waals surface area contributed by atoms with E-state index in [-0.39, 0.29) is 12.4 Å². The molecule has 0 rings (SSSR count). The summed E-state index contributed by atoms with van der Waals surface area (Å²) in [4.78, 5) is 9.65. The fourth-order valence-electron chi connectivity index (χ4n) is 0.0781. The van der Waals surface area contributed by atoms with Crippen molar-refractivity contribution in [3.05, 3.63) is 0 Å². The van der Waals surface area contributed by atoms with Gasteiger partial charge in [0.1, 0.15) is 6.04 Å². The Morgan fingerprint density at radius 3 is 2.00 bits per heavy atom. The molecular weight excluding hydrogens is 181 g/mol. The molecule has 4 N–H and O–H groups in total. The molecule has 0 amide bonds.